The highest BCUT2D eigenvalue weighted by atomic mass is 19.1. The van der Waals surface area contributed by atoms with Crippen LogP contribution in [0.2, 0.25) is 0 Å². The van der Waals surface area contributed by atoms with Crippen LogP contribution < -0.4 is 28.4 Å². The van der Waals surface area contributed by atoms with E-state index in [2.05, 4.69) is 0 Å². The molecule has 0 saturated heterocycles. The molecule has 6 aromatic carbocycles. The Kier molecular flexibility index (Phi) is 12.8. The number of unbranched alkanes of at least 4 members (excludes halogenated alkanes) is 2. The average Bonchev–Trinajstić information content (AvgIpc) is 3.79. The molecule has 0 spiro atoms. The van der Waals surface area contributed by atoms with Gasteiger partial charge >= 0.3 is 11.9 Å². The maximum Gasteiger partial charge on any atom is 0.329 e. The van der Waals surface area contributed by atoms with E-state index < -0.39 is 29.8 Å². The Bertz CT molecular complexity index is 2880. The van der Waals surface area contributed by atoms with E-state index in [9.17, 15) is 24.2 Å². The van der Waals surface area contributed by atoms with Crippen LogP contribution in [0.1, 0.15) is 37.8 Å². The van der Waals surface area contributed by atoms with Gasteiger partial charge in [-0.25, -0.2) is 14.0 Å². The lowest BCUT2D eigenvalue weighted by Crippen LogP contribution is -2.34. The lowest BCUT2D eigenvalue weighted by atomic mass is 10.1. The van der Waals surface area contributed by atoms with E-state index in [0.717, 1.165) is 21.5 Å². The van der Waals surface area contributed by atoms with Crippen molar-refractivity contribution in [3.05, 3.63) is 133 Å². The minimum absolute atomic E-state index is 0.195. The molecule has 13 heteroatoms. The minimum Gasteiger partial charge on any atom is -0.496 e. The monoisotopic (exact) mass is 854 g/mol. The lowest BCUT2D eigenvalue weighted by molar-refractivity contribution is -0.151. The number of fused-ring (bicyclic) bond motifs is 6. The maximum absolute atomic E-state index is 14.0. The molecule has 0 aliphatic carbocycles. The Morgan fingerprint density at radius 3 is 1.33 bits per heavy atom. The summed E-state index contributed by atoms with van der Waals surface area (Å²) in [5, 5.41) is 25.4. The minimum atomic E-state index is -1.61. The molecular weight excluding hydrogens is 808 g/mol. The van der Waals surface area contributed by atoms with Crippen LogP contribution in [0.4, 0.5) is 4.39 Å². The Labute approximate surface area is 362 Å². The summed E-state index contributed by atoms with van der Waals surface area (Å²) in [5.74, 6) is 0.0251. The third kappa shape index (κ3) is 8.99. The number of aliphatic carboxylic acids is 2. The molecule has 0 radical (unpaired) electrons. The van der Waals surface area contributed by atoms with Gasteiger partial charge in [0.25, 0.3) is 0 Å². The molecule has 0 saturated carbocycles. The largest absolute Gasteiger partial charge is 0.496 e. The normalized spacial score (nSPS) is 12.4. The summed E-state index contributed by atoms with van der Waals surface area (Å²) < 4.78 is 51.7. The van der Waals surface area contributed by atoms with Crippen LogP contribution in [-0.4, -0.2) is 71.9 Å². The van der Waals surface area contributed by atoms with Crippen molar-refractivity contribution in [1.82, 2.24) is 9.13 Å². The van der Waals surface area contributed by atoms with Crippen LogP contribution in [0.3, 0.4) is 0 Å². The smallest absolute Gasteiger partial charge is 0.329 e. The van der Waals surface area contributed by atoms with Gasteiger partial charge in [0, 0.05) is 51.9 Å². The fourth-order valence-corrected chi connectivity index (χ4v) is 8.10. The summed E-state index contributed by atoms with van der Waals surface area (Å²) in [5.41, 5.74) is 2.16. The number of aromatic nitrogens is 2. The summed E-state index contributed by atoms with van der Waals surface area (Å²) in [6.45, 7) is 1.44. The summed E-state index contributed by atoms with van der Waals surface area (Å²) in [7, 11) is 3.16. The van der Waals surface area contributed by atoms with E-state index >= 15 is 0 Å². The van der Waals surface area contributed by atoms with Crippen LogP contribution in [0, 0.1) is 5.82 Å². The molecule has 0 aliphatic heterocycles. The summed E-state index contributed by atoms with van der Waals surface area (Å²) in [6.07, 6.45) is 2.59. The average molecular weight is 855 g/mol. The third-order valence-corrected chi connectivity index (χ3v) is 11.0. The van der Waals surface area contributed by atoms with Crippen LogP contribution in [0.5, 0.6) is 34.5 Å². The third-order valence-electron chi connectivity index (χ3n) is 11.0. The number of carboxylic acids is 2. The van der Waals surface area contributed by atoms with Crippen LogP contribution >= 0.6 is 0 Å². The maximum atomic E-state index is 14.0. The van der Waals surface area contributed by atoms with E-state index in [4.69, 9.17) is 28.4 Å². The Morgan fingerprint density at radius 2 is 0.873 bits per heavy atom. The number of benzene rings is 6. The summed E-state index contributed by atoms with van der Waals surface area (Å²) in [6, 6.07) is 34.1. The molecule has 8 aromatic rings. The summed E-state index contributed by atoms with van der Waals surface area (Å²) in [4.78, 5) is 27.4. The molecule has 8 rings (SSSR count). The molecule has 0 fully saturated rings. The molecule has 2 N–H and O–H groups in total. The quantitative estimate of drug-likeness (QED) is 0.0671. The summed E-state index contributed by atoms with van der Waals surface area (Å²) >= 11 is 0. The first kappa shape index (κ1) is 42.3. The number of methoxy groups -OCH3 is 2. The molecule has 63 heavy (non-hydrogen) atoms. The van der Waals surface area contributed by atoms with Gasteiger partial charge in [-0.2, -0.15) is 0 Å². The number of nitrogens with zero attached hydrogens (tertiary/aromatic N) is 2. The van der Waals surface area contributed by atoms with E-state index in [1.54, 1.807) is 84.0 Å². The second-order valence-corrected chi connectivity index (χ2v) is 15.0. The van der Waals surface area contributed by atoms with Crippen molar-refractivity contribution < 1.29 is 52.6 Å². The van der Waals surface area contributed by atoms with Crippen molar-refractivity contribution in [2.75, 3.05) is 40.6 Å². The van der Waals surface area contributed by atoms with Crippen LogP contribution in [0.15, 0.2) is 127 Å². The van der Waals surface area contributed by atoms with Gasteiger partial charge in [-0.3, -0.25) is 0 Å². The molecule has 0 aliphatic rings. The van der Waals surface area contributed by atoms with Crippen molar-refractivity contribution >= 4 is 55.6 Å². The molecular formula is C50H47FN2O10. The number of hydrogen-bond donors (Lipinski definition) is 2. The zero-order chi connectivity index (χ0) is 43.9. The van der Waals surface area contributed by atoms with E-state index in [0.29, 0.717) is 103 Å². The predicted molar refractivity (Wildman–Crippen MR) is 239 cm³/mol. The van der Waals surface area contributed by atoms with Gasteiger partial charge in [-0.1, -0.05) is 48.5 Å². The molecule has 0 amide bonds. The van der Waals surface area contributed by atoms with Gasteiger partial charge in [-0.05, 0) is 74.2 Å². The van der Waals surface area contributed by atoms with Crippen molar-refractivity contribution in [2.24, 2.45) is 0 Å². The number of halogens is 1. The second kappa shape index (κ2) is 19.1. The number of carbonyl (C=O) groups is 2. The molecule has 2 heterocycles. The van der Waals surface area contributed by atoms with Gasteiger partial charge in [0.2, 0.25) is 0 Å². The molecule has 2 atom stereocenters. The topological polar surface area (TPSA) is 140 Å². The molecule has 324 valence electrons. The number of rotatable bonds is 21. The highest BCUT2D eigenvalue weighted by Gasteiger charge is 2.40. The molecule has 2 unspecified atom stereocenters. The SMILES string of the molecule is COc1cc(OC)cc(OCCCCOc2ccc3c4ccccc4n(C(C(=O)O)C(C(=O)O)n4c5ccccc5c5ccc(OCCCCOc6ccccc6F)cc54)c3c2)c1. The molecule has 12 nitrogen and oxygen atoms in total. The van der Waals surface area contributed by atoms with Crippen LogP contribution in [-0.2, 0) is 9.59 Å². The Hall–Kier alpha value is -7.41. The fourth-order valence-electron chi connectivity index (χ4n) is 8.10. The highest BCUT2D eigenvalue weighted by Crippen LogP contribution is 2.42. The number of ether oxygens (including phenoxy) is 6. The van der Waals surface area contributed by atoms with Gasteiger partial charge in [0.1, 0.15) is 28.7 Å². The number of para-hydroxylation sites is 3. The first-order valence-electron chi connectivity index (χ1n) is 20.8. The Balaban J connectivity index is 1.06. The Morgan fingerprint density at radius 1 is 0.476 bits per heavy atom. The van der Waals surface area contributed by atoms with Crippen LogP contribution in [0.25, 0.3) is 43.6 Å². The highest BCUT2D eigenvalue weighted by molar-refractivity contribution is 6.11. The standard InChI is InChI=1S/C50H47FN2O10/c1-58-34-27-35(59-2)29-36(28-34)62-25-10-9-23-60-32-19-21-39-37-13-3-6-16-42(37)52(44(39)30-32)47(49(54)55)48(50(56)57)53-43-17-7-4-14-38(43)40-22-20-33(31-45(40)53)61-24-11-12-26-63-46-18-8-5-15-41(46)51/h3-8,13-22,27-31,47-48H,9-12,23-26H2,1-2H3,(H,54,55)(H,56,57). The van der Waals surface area contributed by atoms with Gasteiger partial charge in [0.05, 0.1) is 62.7 Å². The predicted octanol–water partition coefficient (Wildman–Crippen LogP) is 10.5. The zero-order valence-electron chi connectivity index (χ0n) is 34.9. The van der Waals surface area contributed by atoms with Gasteiger partial charge in [0.15, 0.2) is 23.7 Å². The second-order valence-electron chi connectivity index (χ2n) is 15.0. The molecule has 0 bridgehead atoms. The van der Waals surface area contributed by atoms with Crippen molar-refractivity contribution in [1.29, 1.82) is 0 Å². The number of hydrogen-bond acceptors (Lipinski definition) is 8. The van der Waals surface area contributed by atoms with Gasteiger partial charge < -0.3 is 47.8 Å². The fraction of sp³-hybridized carbons (Fsp3) is 0.240. The van der Waals surface area contributed by atoms with E-state index in [-0.39, 0.29) is 5.75 Å². The van der Waals surface area contributed by atoms with Crippen molar-refractivity contribution in [2.45, 2.75) is 37.8 Å². The zero-order valence-corrected chi connectivity index (χ0v) is 34.9. The van der Waals surface area contributed by atoms with Crippen molar-refractivity contribution in [3.63, 3.8) is 0 Å². The lowest BCUT2D eigenvalue weighted by Gasteiger charge is -2.26. The first-order chi connectivity index (χ1) is 30.7. The first-order valence-corrected chi connectivity index (χ1v) is 20.8. The number of carboxylic acid groups (broad SMARTS) is 2. The van der Waals surface area contributed by atoms with Gasteiger partial charge in [-0.15, -0.1) is 0 Å². The van der Waals surface area contributed by atoms with E-state index in [1.165, 1.54) is 6.07 Å². The van der Waals surface area contributed by atoms with E-state index in [1.807, 2.05) is 60.7 Å². The molecule has 2 aromatic heterocycles. The van der Waals surface area contributed by atoms with Crippen molar-refractivity contribution in [3.8, 4) is 34.5 Å².